The van der Waals surface area contributed by atoms with Crippen LogP contribution in [0, 0.1) is 5.82 Å². The Morgan fingerprint density at radius 2 is 1.94 bits per heavy atom. The Morgan fingerprint density at radius 1 is 1.24 bits per heavy atom. The lowest BCUT2D eigenvalue weighted by molar-refractivity contribution is 0.593. The average molecular weight is 230 g/mol. The molecule has 1 atom stereocenters. The molecule has 3 heteroatoms. The van der Waals surface area contributed by atoms with Crippen LogP contribution in [0.15, 0.2) is 42.7 Å². The van der Waals surface area contributed by atoms with Crippen LogP contribution in [0.2, 0.25) is 0 Å². The van der Waals surface area contributed by atoms with Crippen LogP contribution in [0.25, 0.3) is 0 Å². The van der Waals surface area contributed by atoms with Crippen molar-refractivity contribution in [1.29, 1.82) is 0 Å². The van der Waals surface area contributed by atoms with Gasteiger partial charge >= 0.3 is 0 Å². The Bertz CT molecular complexity index is 494. The van der Waals surface area contributed by atoms with Gasteiger partial charge in [-0.15, -0.1) is 0 Å². The number of nitrogens with zero attached hydrogens (tertiary/aromatic N) is 1. The molecule has 0 saturated heterocycles. The first-order chi connectivity index (χ1) is 8.22. The summed E-state index contributed by atoms with van der Waals surface area (Å²) in [4.78, 5) is 3.72. The van der Waals surface area contributed by atoms with Crippen molar-refractivity contribution >= 4 is 0 Å². The molecule has 0 amide bonds. The summed E-state index contributed by atoms with van der Waals surface area (Å²) in [5, 5.41) is 0. The van der Waals surface area contributed by atoms with Crippen LogP contribution in [0.1, 0.15) is 29.7 Å². The number of hydrogen-bond donors (Lipinski definition) is 1. The number of aryl methyl sites for hydroxylation is 1. The summed E-state index contributed by atoms with van der Waals surface area (Å²) in [6, 6.07) is 9.12. The summed E-state index contributed by atoms with van der Waals surface area (Å²) in [7, 11) is 0. The van der Waals surface area contributed by atoms with Crippen LogP contribution in [0.4, 0.5) is 4.39 Å². The Balaban J connectivity index is 2.30. The molecule has 0 fully saturated rings. The highest BCUT2D eigenvalue weighted by molar-refractivity contribution is 5.32. The molecule has 2 nitrogen and oxygen atoms in total. The lowest BCUT2D eigenvalue weighted by atomic mass is 9.99. The predicted octanol–water partition coefficient (Wildman–Crippen LogP) is 2.83. The molecule has 1 unspecified atom stereocenters. The normalized spacial score (nSPS) is 12.4. The van der Waals surface area contributed by atoms with Gasteiger partial charge in [-0.3, -0.25) is 4.98 Å². The number of rotatable bonds is 3. The highest BCUT2D eigenvalue weighted by Crippen LogP contribution is 2.21. The Hall–Kier alpha value is -1.74. The second-order valence-electron chi connectivity index (χ2n) is 3.97. The third kappa shape index (κ3) is 2.50. The van der Waals surface area contributed by atoms with E-state index >= 15 is 0 Å². The van der Waals surface area contributed by atoms with Crippen molar-refractivity contribution in [2.24, 2.45) is 5.73 Å². The summed E-state index contributed by atoms with van der Waals surface area (Å²) in [6.45, 7) is 2.09. The lowest BCUT2D eigenvalue weighted by Gasteiger charge is -2.13. The van der Waals surface area contributed by atoms with Crippen molar-refractivity contribution in [3.05, 3.63) is 65.2 Å². The number of benzene rings is 1. The molecular formula is C14H15FN2. The molecule has 1 aromatic heterocycles. The fourth-order valence-corrected chi connectivity index (χ4v) is 1.78. The quantitative estimate of drug-likeness (QED) is 0.880. The van der Waals surface area contributed by atoms with Crippen LogP contribution >= 0.6 is 0 Å². The van der Waals surface area contributed by atoms with Gasteiger partial charge in [0.15, 0.2) is 0 Å². The molecule has 2 rings (SSSR count). The standard InChI is InChI=1S/C14H15FN2/c1-2-10-3-5-11(6-4-10)14(16)12-7-8-17-9-13(12)15/h3-9,14H,2,16H2,1H3. The first-order valence-electron chi connectivity index (χ1n) is 5.66. The lowest BCUT2D eigenvalue weighted by Crippen LogP contribution is -2.13. The van der Waals surface area contributed by atoms with E-state index in [0.29, 0.717) is 5.56 Å². The van der Waals surface area contributed by atoms with Gasteiger partial charge in [-0.2, -0.15) is 0 Å². The fraction of sp³-hybridized carbons (Fsp3) is 0.214. The van der Waals surface area contributed by atoms with Gasteiger partial charge in [-0.25, -0.2) is 4.39 Å². The monoisotopic (exact) mass is 230 g/mol. The van der Waals surface area contributed by atoms with Crippen molar-refractivity contribution in [2.45, 2.75) is 19.4 Å². The predicted molar refractivity (Wildman–Crippen MR) is 66.0 cm³/mol. The number of halogens is 1. The van der Waals surface area contributed by atoms with E-state index in [1.54, 1.807) is 12.3 Å². The maximum Gasteiger partial charge on any atom is 0.146 e. The van der Waals surface area contributed by atoms with Crippen LogP contribution in [-0.2, 0) is 6.42 Å². The van der Waals surface area contributed by atoms with E-state index in [1.807, 2.05) is 24.3 Å². The molecule has 0 aliphatic rings. The van der Waals surface area contributed by atoms with E-state index in [1.165, 1.54) is 11.8 Å². The zero-order chi connectivity index (χ0) is 12.3. The molecule has 0 bridgehead atoms. The molecule has 0 spiro atoms. The second-order valence-corrected chi connectivity index (χ2v) is 3.97. The number of pyridine rings is 1. The minimum atomic E-state index is -0.441. The summed E-state index contributed by atoms with van der Waals surface area (Å²) in [5.41, 5.74) is 8.67. The number of hydrogen-bond acceptors (Lipinski definition) is 2. The molecule has 0 aliphatic heterocycles. The van der Waals surface area contributed by atoms with E-state index in [4.69, 9.17) is 5.73 Å². The van der Waals surface area contributed by atoms with Gasteiger partial charge < -0.3 is 5.73 Å². The van der Waals surface area contributed by atoms with E-state index < -0.39 is 6.04 Å². The minimum Gasteiger partial charge on any atom is -0.320 e. The van der Waals surface area contributed by atoms with Gasteiger partial charge in [-0.1, -0.05) is 31.2 Å². The molecule has 2 aromatic rings. The van der Waals surface area contributed by atoms with Gasteiger partial charge in [0.2, 0.25) is 0 Å². The smallest absolute Gasteiger partial charge is 0.146 e. The minimum absolute atomic E-state index is 0.362. The van der Waals surface area contributed by atoms with E-state index in [-0.39, 0.29) is 5.82 Å². The SMILES string of the molecule is CCc1ccc(C(N)c2ccncc2F)cc1. The number of nitrogens with two attached hydrogens (primary N) is 1. The second kappa shape index (κ2) is 5.06. The van der Waals surface area contributed by atoms with E-state index in [2.05, 4.69) is 11.9 Å². The van der Waals surface area contributed by atoms with Crippen molar-refractivity contribution < 1.29 is 4.39 Å². The maximum absolute atomic E-state index is 13.5. The van der Waals surface area contributed by atoms with E-state index in [9.17, 15) is 4.39 Å². The fourth-order valence-electron chi connectivity index (χ4n) is 1.78. The van der Waals surface area contributed by atoms with Crippen LogP contribution in [0.3, 0.4) is 0 Å². The van der Waals surface area contributed by atoms with Crippen LogP contribution in [0.5, 0.6) is 0 Å². The number of aromatic nitrogens is 1. The largest absolute Gasteiger partial charge is 0.320 e. The van der Waals surface area contributed by atoms with E-state index in [0.717, 1.165) is 12.0 Å². The van der Waals surface area contributed by atoms with Crippen LogP contribution < -0.4 is 5.73 Å². The van der Waals surface area contributed by atoms with Crippen molar-refractivity contribution in [3.63, 3.8) is 0 Å². The molecule has 0 aliphatic carbocycles. The van der Waals surface area contributed by atoms with Gasteiger partial charge in [-0.05, 0) is 23.6 Å². The van der Waals surface area contributed by atoms with Gasteiger partial charge in [0.05, 0.1) is 12.2 Å². The summed E-state index contributed by atoms with van der Waals surface area (Å²) >= 11 is 0. The molecule has 17 heavy (non-hydrogen) atoms. The molecule has 2 N–H and O–H groups in total. The Morgan fingerprint density at radius 3 is 2.53 bits per heavy atom. The molecule has 88 valence electrons. The third-order valence-corrected chi connectivity index (χ3v) is 2.89. The van der Waals surface area contributed by atoms with Gasteiger partial charge in [0.25, 0.3) is 0 Å². The summed E-state index contributed by atoms with van der Waals surface area (Å²) < 4.78 is 13.5. The summed E-state index contributed by atoms with van der Waals surface area (Å²) in [6.07, 6.45) is 3.73. The molecule has 1 aromatic carbocycles. The van der Waals surface area contributed by atoms with Crippen molar-refractivity contribution in [1.82, 2.24) is 4.98 Å². The third-order valence-electron chi connectivity index (χ3n) is 2.89. The topological polar surface area (TPSA) is 38.9 Å². The highest BCUT2D eigenvalue weighted by Gasteiger charge is 2.12. The zero-order valence-corrected chi connectivity index (χ0v) is 9.73. The van der Waals surface area contributed by atoms with Gasteiger partial charge in [0.1, 0.15) is 5.82 Å². The highest BCUT2D eigenvalue weighted by atomic mass is 19.1. The summed E-state index contributed by atoms with van der Waals surface area (Å²) in [5.74, 6) is -0.362. The Labute approximate surface area is 100 Å². The first kappa shape index (κ1) is 11.7. The molecular weight excluding hydrogens is 215 g/mol. The average Bonchev–Trinajstić information content (AvgIpc) is 2.39. The van der Waals surface area contributed by atoms with Crippen molar-refractivity contribution in [2.75, 3.05) is 0 Å². The van der Waals surface area contributed by atoms with Gasteiger partial charge in [0, 0.05) is 11.8 Å². The zero-order valence-electron chi connectivity index (χ0n) is 9.73. The first-order valence-corrected chi connectivity index (χ1v) is 5.66. The molecule has 0 saturated carbocycles. The van der Waals surface area contributed by atoms with Crippen molar-refractivity contribution in [3.8, 4) is 0 Å². The maximum atomic E-state index is 13.5. The van der Waals surface area contributed by atoms with Crippen LogP contribution in [-0.4, -0.2) is 4.98 Å². The molecule has 1 heterocycles. The Kier molecular flexibility index (Phi) is 3.49. The molecule has 0 radical (unpaired) electrons.